The van der Waals surface area contributed by atoms with Crippen LogP contribution in [0.1, 0.15) is 55.6 Å². The zero-order valence-electron chi connectivity index (χ0n) is 11.2. The second kappa shape index (κ2) is 5.13. The topological polar surface area (TPSA) is 74.6 Å². The number of hydrogen-bond donors (Lipinski definition) is 1. The number of aryl methyl sites for hydroxylation is 1. The summed E-state index contributed by atoms with van der Waals surface area (Å²) in [4.78, 5) is 0. The SMILES string of the molecule is Cn1cc(C(N)c2nncn2C2CCCCC2)cn1. The van der Waals surface area contributed by atoms with Gasteiger partial charge in [-0.1, -0.05) is 19.3 Å². The second-order valence-corrected chi connectivity index (χ2v) is 5.31. The van der Waals surface area contributed by atoms with Gasteiger partial charge in [0, 0.05) is 24.8 Å². The molecule has 6 heteroatoms. The molecule has 0 aliphatic heterocycles. The van der Waals surface area contributed by atoms with Gasteiger partial charge in [0.2, 0.25) is 0 Å². The first-order chi connectivity index (χ1) is 9.25. The third kappa shape index (κ3) is 2.40. The Morgan fingerprint density at radius 3 is 2.79 bits per heavy atom. The monoisotopic (exact) mass is 260 g/mol. The van der Waals surface area contributed by atoms with Gasteiger partial charge in [-0.05, 0) is 12.8 Å². The summed E-state index contributed by atoms with van der Waals surface area (Å²) >= 11 is 0. The quantitative estimate of drug-likeness (QED) is 0.909. The maximum absolute atomic E-state index is 6.30. The third-order valence-corrected chi connectivity index (χ3v) is 3.93. The molecule has 0 spiro atoms. The van der Waals surface area contributed by atoms with Gasteiger partial charge in [0.25, 0.3) is 0 Å². The van der Waals surface area contributed by atoms with E-state index in [9.17, 15) is 0 Å². The summed E-state index contributed by atoms with van der Waals surface area (Å²) in [6, 6.07) is 0.250. The Labute approximate surface area is 112 Å². The van der Waals surface area contributed by atoms with Crippen LogP contribution in [0, 0.1) is 0 Å². The molecule has 0 radical (unpaired) electrons. The summed E-state index contributed by atoms with van der Waals surface area (Å²) in [5, 5.41) is 12.5. The standard InChI is InChI=1S/C13H20N6/c1-18-8-10(7-16-18)12(14)13-17-15-9-19(13)11-5-3-2-4-6-11/h7-9,11-12H,2-6,14H2,1H3. The molecule has 2 N–H and O–H groups in total. The summed E-state index contributed by atoms with van der Waals surface area (Å²) in [6.45, 7) is 0. The molecule has 1 saturated carbocycles. The van der Waals surface area contributed by atoms with Gasteiger partial charge >= 0.3 is 0 Å². The Bertz CT molecular complexity index is 537. The molecule has 1 unspecified atom stereocenters. The highest BCUT2D eigenvalue weighted by atomic mass is 15.3. The predicted molar refractivity (Wildman–Crippen MR) is 71.4 cm³/mol. The van der Waals surface area contributed by atoms with Crippen molar-refractivity contribution >= 4 is 0 Å². The number of hydrogen-bond acceptors (Lipinski definition) is 4. The highest BCUT2D eigenvalue weighted by molar-refractivity contribution is 5.18. The van der Waals surface area contributed by atoms with E-state index in [1.165, 1.54) is 32.1 Å². The molecule has 1 aliphatic rings. The van der Waals surface area contributed by atoms with E-state index in [1.807, 2.05) is 19.6 Å². The van der Waals surface area contributed by atoms with E-state index in [4.69, 9.17) is 5.73 Å². The lowest BCUT2D eigenvalue weighted by atomic mass is 9.95. The van der Waals surface area contributed by atoms with E-state index >= 15 is 0 Å². The lowest BCUT2D eigenvalue weighted by Crippen LogP contribution is -2.21. The van der Waals surface area contributed by atoms with Crippen LogP contribution < -0.4 is 5.73 Å². The Morgan fingerprint density at radius 2 is 2.11 bits per heavy atom. The van der Waals surface area contributed by atoms with Crippen LogP contribution in [0.25, 0.3) is 0 Å². The first kappa shape index (κ1) is 12.3. The first-order valence-corrected chi connectivity index (χ1v) is 6.89. The van der Waals surface area contributed by atoms with Gasteiger partial charge in [0.15, 0.2) is 5.82 Å². The van der Waals surface area contributed by atoms with E-state index in [-0.39, 0.29) is 6.04 Å². The zero-order chi connectivity index (χ0) is 13.2. The average Bonchev–Trinajstić information content (AvgIpc) is 3.07. The molecule has 6 nitrogen and oxygen atoms in total. The first-order valence-electron chi connectivity index (χ1n) is 6.89. The van der Waals surface area contributed by atoms with Gasteiger partial charge in [0.05, 0.1) is 12.2 Å². The van der Waals surface area contributed by atoms with Crippen LogP contribution >= 0.6 is 0 Å². The smallest absolute Gasteiger partial charge is 0.154 e. The third-order valence-electron chi connectivity index (χ3n) is 3.93. The van der Waals surface area contributed by atoms with E-state index < -0.39 is 0 Å². The number of rotatable bonds is 3. The fourth-order valence-electron chi connectivity index (χ4n) is 2.86. The van der Waals surface area contributed by atoms with Crippen molar-refractivity contribution in [1.29, 1.82) is 0 Å². The van der Waals surface area contributed by atoms with Crippen molar-refractivity contribution in [2.75, 3.05) is 0 Å². The lowest BCUT2D eigenvalue weighted by molar-refractivity contribution is 0.343. The molecule has 102 valence electrons. The highest BCUT2D eigenvalue weighted by Gasteiger charge is 2.23. The molecule has 1 fully saturated rings. The Hall–Kier alpha value is -1.69. The van der Waals surface area contributed by atoms with Crippen molar-refractivity contribution in [3.8, 4) is 0 Å². The molecule has 19 heavy (non-hydrogen) atoms. The van der Waals surface area contributed by atoms with Gasteiger partial charge in [0.1, 0.15) is 6.33 Å². The number of nitrogens with two attached hydrogens (primary N) is 1. The van der Waals surface area contributed by atoms with Crippen molar-refractivity contribution in [3.05, 3.63) is 30.1 Å². The molecule has 0 saturated heterocycles. The normalized spacial score (nSPS) is 18.6. The van der Waals surface area contributed by atoms with Crippen LogP contribution in [0.4, 0.5) is 0 Å². The molecule has 2 aromatic heterocycles. The molecular weight excluding hydrogens is 240 g/mol. The summed E-state index contributed by atoms with van der Waals surface area (Å²) < 4.78 is 3.92. The summed E-state index contributed by atoms with van der Waals surface area (Å²) in [5.74, 6) is 0.847. The van der Waals surface area contributed by atoms with Crippen molar-refractivity contribution in [3.63, 3.8) is 0 Å². The minimum atomic E-state index is -0.252. The molecule has 0 aromatic carbocycles. The van der Waals surface area contributed by atoms with Crippen LogP contribution in [0.5, 0.6) is 0 Å². The summed E-state index contributed by atoms with van der Waals surface area (Å²) in [6.07, 6.45) is 11.9. The number of nitrogens with zero attached hydrogens (tertiary/aromatic N) is 5. The zero-order valence-corrected chi connectivity index (χ0v) is 11.2. The maximum Gasteiger partial charge on any atom is 0.154 e. The molecule has 3 rings (SSSR count). The van der Waals surface area contributed by atoms with E-state index in [0.717, 1.165) is 11.4 Å². The highest BCUT2D eigenvalue weighted by Crippen LogP contribution is 2.30. The van der Waals surface area contributed by atoms with Gasteiger partial charge < -0.3 is 10.3 Å². The van der Waals surface area contributed by atoms with Crippen LogP contribution in [0.2, 0.25) is 0 Å². The van der Waals surface area contributed by atoms with Crippen LogP contribution in [-0.4, -0.2) is 24.5 Å². The number of aromatic nitrogens is 5. The van der Waals surface area contributed by atoms with Crippen molar-refractivity contribution in [1.82, 2.24) is 24.5 Å². The fraction of sp³-hybridized carbons (Fsp3) is 0.615. The molecular formula is C13H20N6. The van der Waals surface area contributed by atoms with Crippen LogP contribution in [0.15, 0.2) is 18.7 Å². The molecule has 2 aromatic rings. The fourth-order valence-corrected chi connectivity index (χ4v) is 2.86. The Balaban J connectivity index is 1.86. The summed E-state index contributed by atoms with van der Waals surface area (Å²) in [5.41, 5.74) is 7.28. The largest absolute Gasteiger partial charge is 0.318 e. The van der Waals surface area contributed by atoms with E-state index in [0.29, 0.717) is 6.04 Å². The predicted octanol–water partition coefficient (Wildman–Crippen LogP) is 1.56. The van der Waals surface area contributed by atoms with Crippen molar-refractivity contribution in [2.24, 2.45) is 12.8 Å². The summed E-state index contributed by atoms with van der Waals surface area (Å²) in [7, 11) is 1.89. The Kier molecular flexibility index (Phi) is 3.33. The van der Waals surface area contributed by atoms with Gasteiger partial charge in [-0.2, -0.15) is 5.10 Å². The van der Waals surface area contributed by atoms with Gasteiger partial charge in [-0.25, -0.2) is 0 Å². The van der Waals surface area contributed by atoms with E-state index in [2.05, 4.69) is 19.9 Å². The van der Waals surface area contributed by atoms with Crippen LogP contribution in [-0.2, 0) is 7.05 Å². The van der Waals surface area contributed by atoms with Gasteiger partial charge in [-0.15, -0.1) is 10.2 Å². The van der Waals surface area contributed by atoms with Crippen molar-refractivity contribution in [2.45, 2.75) is 44.2 Å². The molecule has 0 amide bonds. The van der Waals surface area contributed by atoms with Crippen LogP contribution in [0.3, 0.4) is 0 Å². The van der Waals surface area contributed by atoms with E-state index in [1.54, 1.807) is 10.9 Å². The lowest BCUT2D eigenvalue weighted by Gasteiger charge is -2.25. The molecule has 1 aliphatic carbocycles. The molecule has 2 heterocycles. The second-order valence-electron chi connectivity index (χ2n) is 5.31. The van der Waals surface area contributed by atoms with Crippen molar-refractivity contribution < 1.29 is 0 Å². The molecule has 0 bridgehead atoms. The average molecular weight is 260 g/mol. The maximum atomic E-state index is 6.30. The Morgan fingerprint density at radius 1 is 1.32 bits per heavy atom. The minimum Gasteiger partial charge on any atom is -0.318 e. The molecule has 1 atom stereocenters. The van der Waals surface area contributed by atoms with Gasteiger partial charge in [-0.3, -0.25) is 4.68 Å². The minimum absolute atomic E-state index is 0.252.